The van der Waals surface area contributed by atoms with Gasteiger partial charge in [-0.25, -0.2) is 0 Å². The van der Waals surface area contributed by atoms with Crippen LogP contribution in [0.4, 0.5) is 0 Å². The molecule has 0 aliphatic carbocycles. The maximum atomic E-state index is 12.9. The predicted octanol–water partition coefficient (Wildman–Crippen LogP) is 3.73. The molecule has 0 saturated carbocycles. The fourth-order valence-electron chi connectivity index (χ4n) is 3.95. The van der Waals surface area contributed by atoms with Gasteiger partial charge >= 0.3 is 0 Å². The highest BCUT2D eigenvalue weighted by Gasteiger charge is 2.24. The number of aromatic amines is 1. The molecule has 7 nitrogen and oxygen atoms in total. The number of nitrogens with one attached hydrogen (secondary N) is 1. The summed E-state index contributed by atoms with van der Waals surface area (Å²) in [7, 11) is 1.44. The highest BCUT2D eigenvalue weighted by molar-refractivity contribution is 6.29. The molecule has 6 rings (SSSR count). The van der Waals surface area contributed by atoms with Crippen molar-refractivity contribution in [2.45, 2.75) is 0 Å². The lowest BCUT2D eigenvalue weighted by Crippen LogP contribution is -2.21. The van der Waals surface area contributed by atoms with E-state index in [0.29, 0.717) is 38.6 Å². The highest BCUT2D eigenvalue weighted by Crippen LogP contribution is 2.39. The minimum Gasteiger partial charge on any atom is -0.508 e. The first-order valence-corrected chi connectivity index (χ1v) is 8.66. The van der Waals surface area contributed by atoms with E-state index in [0.717, 1.165) is 4.57 Å². The Bertz CT molecular complexity index is 1730. The van der Waals surface area contributed by atoms with Gasteiger partial charge in [0.1, 0.15) is 11.1 Å². The van der Waals surface area contributed by atoms with Gasteiger partial charge in [-0.1, -0.05) is 12.1 Å². The van der Waals surface area contributed by atoms with Crippen molar-refractivity contribution >= 4 is 54.9 Å². The van der Waals surface area contributed by atoms with Crippen LogP contribution in [-0.2, 0) is 7.05 Å². The van der Waals surface area contributed by atoms with Crippen LogP contribution in [0.2, 0.25) is 0 Å². The maximum Gasteiger partial charge on any atom is 0.265 e. The van der Waals surface area contributed by atoms with Gasteiger partial charge in [0.15, 0.2) is 22.3 Å². The third-order valence-electron chi connectivity index (χ3n) is 5.25. The molecule has 0 amide bonds. The van der Waals surface area contributed by atoms with E-state index >= 15 is 0 Å². The standard InChI is InChI=1S/C21H12N2O5/c1-23-20(25)15-14-10-8-9(24)6-7-11(10)22-17(14)19-18(16(15)21(23)26)27-12-4-2-3-5-13(12)28-19/h2-8,22,24H,1H3. The van der Waals surface area contributed by atoms with Crippen LogP contribution in [0, 0.1) is 0 Å². The lowest BCUT2D eigenvalue weighted by molar-refractivity contribution is 0.476. The molecule has 0 atom stereocenters. The van der Waals surface area contributed by atoms with Crippen molar-refractivity contribution in [1.29, 1.82) is 0 Å². The Morgan fingerprint density at radius 3 is 2.32 bits per heavy atom. The number of hydrogen-bond donors (Lipinski definition) is 2. The van der Waals surface area contributed by atoms with E-state index in [9.17, 15) is 14.7 Å². The average molecular weight is 372 g/mol. The SMILES string of the molecule is Cn1c(=O)c2c3oc4ccccc4oc3c3[nH]c4ccc(O)cc4c3c2c1=O. The molecule has 3 heterocycles. The number of hydrogen-bond acceptors (Lipinski definition) is 5. The summed E-state index contributed by atoms with van der Waals surface area (Å²) >= 11 is 0. The first-order chi connectivity index (χ1) is 13.5. The summed E-state index contributed by atoms with van der Waals surface area (Å²) in [6.07, 6.45) is 0. The first-order valence-electron chi connectivity index (χ1n) is 8.66. The van der Waals surface area contributed by atoms with Crippen LogP contribution in [0.1, 0.15) is 0 Å². The molecule has 2 N–H and O–H groups in total. The van der Waals surface area contributed by atoms with Gasteiger partial charge in [0.05, 0.1) is 10.9 Å². The van der Waals surface area contributed by atoms with E-state index in [-0.39, 0.29) is 22.1 Å². The van der Waals surface area contributed by atoms with Gasteiger partial charge < -0.3 is 18.9 Å². The Kier molecular flexibility index (Phi) is 2.60. The first kappa shape index (κ1) is 15.1. The molecule has 0 aliphatic heterocycles. The molecular formula is C21H12N2O5. The lowest BCUT2D eigenvalue weighted by atomic mass is 10.1. The summed E-state index contributed by atoms with van der Waals surface area (Å²) in [5, 5.41) is 11.6. The van der Waals surface area contributed by atoms with E-state index in [1.165, 1.54) is 7.05 Å². The van der Waals surface area contributed by atoms with Crippen molar-refractivity contribution in [3.05, 3.63) is 63.2 Å². The molecule has 0 spiro atoms. The number of H-pyrrole nitrogens is 1. The second-order valence-corrected chi connectivity index (χ2v) is 6.83. The van der Waals surface area contributed by atoms with Gasteiger partial charge in [0.2, 0.25) is 0 Å². The Balaban J connectivity index is 2.07. The smallest absolute Gasteiger partial charge is 0.265 e. The Labute approximate surface area is 155 Å². The third kappa shape index (κ3) is 1.68. The fraction of sp³-hybridized carbons (Fsp3) is 0.0476. The molecule has 28 heavy (non-hydrogen) atoms. The molecule has 3 aromatic heterocycles. The van der Waals surface area contributed by atoms with Crippen LogP contribution in [0.3, 0.4) is 0 Å². The molecule has 0 unspecified atom stereocenters. The topological polar surface area (TPSA) is 101 Å². The van der Waals surface area contributed by atoms with E-state index in [2.05, 4.69) is 4.98 Å². The second kappa shape index (κ2) is 4.83. The molecule has 0 bridgehead atoms. The summed E-state index contributed by atoms with van der Waals surface area (Å²) in [5.41, 5.74) is 1.94. The van der Waals surface area contributed by atoms with Crippen LogP contribution in [0.25, 0.3) is 54.9 Å². The number of aromatic nitrogens is 2. The zero-order valence-corrected chi connectivity index (χ0v) is 14.6. The zero-order valence-electron chi connectivity index (χ0n) is 14.6. The van der Waals surface area contributed by atoms with Crippen molar-refractivity contribution < 1.29 is 13.9 Å². The Morgan fingerprint density at radius 1 is 0.893 bits per heavy atom. The van der Waals surface area contributed by atoms with E-state index in [1.807, 2.05) is 6.07 Å². The van der Waals surface area contributed by atoms with E-state index in [1.54, 1.807) is 36.4 Å². The number of phenolic OH excluding ortho intramolecular Hbond substituents is 1. The van der Waals surface area contributed by atoms with Crippen molar-refractivity contribution in [3.63, 3.8) is 0 Å². The minimum atomic E-state index is -0.448. The van der Waals surface area contributed by atoms with E-state index in [4.69, 9.17) is 8.83 Å². The minimum absolute atomic E-state index is 0.0625. The summed E-state index contributed by atoms with van der Waals surface area (Å²) in [4.78, 5) is 29.0. The molecule has 7 heteroatoms. The number of nitrogens with zero attached hydrogens (tertiary/aromatic N) is 1. The van der Waals surface area contributed by atoms with Gasteiger partial charge in [-0.05, 0) is 30.3 Å². The normalized spacial score (nSPS) is 12.2. The summed E-state index contributed by atoms with van der Waals surface area (Å²) in [5.74, 6) is 0.0625. The van der Waals surface area contributed by atoms with Crippen LogP contribution < -0.4 is 11.1 Å². The van der Waals surface area contributed by atoms with Crippen LogP contribution >= 0.6 is 0 Å². The zero-order chi connectivity index (χ0) is 19.2. The summed E-state index contributed by atoms with van der Waals surface area (Å²) in [6.45, 7) is 0. The molecule has 0 fully saturated rings. The highest BCUT2D eigenvalue weighted by atomic mass is 16.4. The number of fused-ring (bicyclic) bond motifs is 9. The van der Waals surface area contributed by atoms with Crippen LogP contribution in [0.5, 0.6) is 5.75 Å². The van der Waals surface area contributed by atoms with Gasteiger partial charge in [0, 0.05) is 23.3 Å². The van der Waals surface area contributed by atoms with Gasteiger partial charge in [-0.3, -0.25) is 14.2 Å². The van der Waals surface area contributed by atoms with Gasteiger partial charge in [0.25, 0.3) is 11.1 Å². The number of para-hydroxylation sites is 2. The third-order valence-corrected chi connectivity index (χ3v) is 5.25. The maximum absolute atomic E-state index is 12.9. The van der Waals surface area contributed by atoms with Crippen molar-refractivity contribution in [2.24, 2.45) is 7.05 Å². The fourth-order valence-corrected chi connectivity index (χ4v) is 3.95. The number of aromatic hydroxyl groups is 1. The van der Waals surface area contributed by atoms with Crippen molar-refractivity contribution in [1.82, 2.24) is 9.55 Å². The number of benzene rings is 3. The Hall–Kier alpha value is -4.00. The summed E-state index contributed by atoms with van der Waals surface area (Å²) in [6, 6.07) is 12.0. The largest absolute Gasteiger partial charge is 0.508 e. The Morgan fingerprint density at radius 2 is 1.57 bits per heavy atom. The summed E-state index contributed by atoms with van der Waals surface area (Å²) < 4.78 is 13.2. The molecule has 0 saturated heterocycles. The molecular weight excluding hydrogens is 360 g/mol. The van der Waals surface area contributed by atoms with Crippen molar-refractivity contribution in [3.8, 4) is 5.75 Å². The predicted molar refractivity (Wildman–Crippen MR) is 106 cm³/mol. The van der Waals surface area contributed by atoms with Crippen LogP contribution in [0.15, 0.2) is 60.9 Å². The molecule has 0 aliphatic rings. The average Bonchev–Trinajstić information content (AvgIpc) is 3.18. The van der Waals surface area contributed by atoms with E-state index < -0.39 is 11.1 Å². The molecule has 3 aromatic carbocycles. The van der Waals surface area contributed by atoms with Gasteiger partial charge in [-0.15, -0.1) is 0 Å². The second-order valence-electron chi connectivity index (χ2n) is 6.83. The monoisotopic (exact) mass is 372 g/mol. The lowest BCUT2D eigenvalue weighted by Gasteiger charge is -2.04. The molecule has 0 radical (unpaired) electrons. The van der Waals surface area contributed by atoms with Crippen molar-refractivity contribution in [2.75, 3.05) is 0 Å². The number of phenols is 1. The molecule has 136 valence electrons. The van der Waals surface area contributed by atoms with Gasteiger partial charge in [-0.2, -0.15) is 0 Å². The number of rotatable bonds is 0. The quantitative estimate of drug-likeness (QED) is 0.396. The molecule has 6 aromatic rings. The van der Waals surface area contributed by atoms with Crippen LogP contribution in [-0.4, -0.2) is 14.7 Å².